The molecule has 10 nitrogen and oxygen atoms in total. The van der Waals surface area contributed by atoms with E-state index in [0.717, 1.165) is 4.57 Å². The minimum absolute atomic E-state index is 0.0265. The number of hydrogen-bond acceptors (Lipinski definition) is 7. The Balaban J connectivity index is 1.36. The molecule has 0 radical (unpaired) electrons. The molecule has 0 aliphatic carbocycles. The monoisotopic (exact) mass is 633 g/mol. The smallest absolute Gasteiger partial charge is 0.383 e. The average Bonchev–Trinajstić information content (AvgIpc) is 3.71. The molecule has 4 heterocycles. The van der Waals surface area contributed by atoms with Crippen molar-refractivity contribution < 1.29 is 31.6 Å². The number of alkyl halides is 4. The van der Waals surface area contributed by atoms with E-state index in [1.54, 1.807) is 49.8 Å². The minimum Gasteiger partial charge on any atom is -0.383 e. The fourth-order valence-corrected chi connectivity index (χ4v) is 5.66. The van der Waals surface area contributed by atoms with E-state index in [2.05, 4.69) is 25.7 Å². The van der Waals surface area contributed by atoms with E-state index in [4.69, 9.17) is 9.26 Å². The number of methoxy groups -OCH3 is 1. The number of amides is 1. The number of likely N-dealkylation sites (tertiary alicyclic amines) is 1. The lowest BCUT2D eigenvalue weighted by Crippen LogP contribution is -2.54. The van der Waals surface area contributed by atoms with E-state index in [0.29, 0.717) is 41.7 Å². The van der Waals surface area contributed by atoms with Crippen LogP contribution in [0, 0.1) is 0 Å². The van der Waals surface area contributed by atoms with Gasteiger partial charge < -0.3 is 29.0 Å². The first kappa shape index (κ1) is 32.5. The van der Waals surface area contributed by atoms with Crippen molar-refractivity contribution in [2.24, 2.45) is 0 Å². The molecule has 1 fully saturated rings. The molecule has 0 saturated carbocycles. The van der Waals surface area contributed by atoms with Gasteiger partial charge in [-0.05, 0) is 58.4 Å². The molecule has 1 aliphatic rings. The summed E-state index contributed by atoms with van der Waals surface area (Å²) in [6, 6.07) is 7.70. The number of benzene rings is 1. The molecule has 0 spiro atoms. The van der Waals surface area contributed by atoms with Crippen LogP contribution in [0.2, 0.25) is 0 Å². The number of hydrogen-bond donors (Lipinski definition) is 2. The maximum absolute atomic E-state index is 15.3. The summed E-state index contributed by atoms with van der Waals surface area (Å²) < 4.78 is 69.9. The number of carbonyl (C=O) groups is 1. The van der Waals surface area contributed by atoms with Crippen LogP contribution in [-0.2, 0) is 17.8 Å². The quantitative estimate of drug-likeness (QED) is 0.213. The number of anilines is 1. The Kier molecular flexibility index (Phi) is 9.26. The van der Waals surface area contributed by atoms with E-state index >= 15 is 4.39 Å². The second-order valence-corrected chi connectivity index (χ2v) is 12.5. The first-order chi connectivity index (χ1) is 21.2. The molecule has 3 aromatic heterocycles. The summed E-state index contributed by atoms with van der Waals surface area (Å²) in [6.07, 6.45) is -1.69. The molecular formula is C31H39F4N7O3. The Morgan fingerprint density at radius 2 is 2.00 bits per heavy atom. The topological polar surface area (TPSA) is 102 Å². The number of fused-ring (bicyclic) bond motifs is 1. The van der Waals surface area contributed by atoms with E-state index < -0.39 is 24.9 Å². The molecule has 0 bridgehead atoms. The second kappa shape index (κ2) is 12.8. The van der Waals surface area contributed by atoms with Gasteiger partial charge in [0.2, 0.25) is 11.7 Å². The molecule has 1 amide bonds. The van der Waals surface area contributed by atoms with Crippen LogP contribution in [-0.4, -0.2) is 80.8 Å². The Bertz CT molecular complexity index is 1620. The third-order valence-corrected chi connectivity index (χ3v) is 8.10. The van der Waals surface area contributed by atoms with Gasteiger partial charge >= 0.3 is 6.18 Å². The van der Waals surface area contributed by atoms with E-state index in [9.17, 15) is 18.0 Å². The molecule has 1 aromatic carbocycles. The van der Waals surface area contributed by atoms with Crippen LogP contribution >= 0.6 is 0 Å². The van der Waals surface area contributed by atoms with Crippen molar-refractivity contribution in [3.8, 4) is 11.5 Å². The number of halogens is 4. The summed E-state index contributed by atoms with van der Waals surface area (Å²) in [5, 5.41) is 10.4. The van der Waals surface area contributed by atoms with Crippen molar-refractivity contribution >= 4 is 22.5 Å². The van der Waals surface area contributed by atoms with Gasteiger partial charge in [0.1, 0.15) is 12.7 Å². The van der Waals surface area contributed by atoms with Crippen LogP contribution in [0.3, 0.4) is 0 Å². The van der Waals surface area contributed by atoms with Crippen LogP contribution in [0.1, 0.15) is 56.4 Å². The zero-order valence-corrected chi connectivity index (χ0v) is 26.0. The van der Waals surface area contributed by atoms with Crippen molar-refractivity contribution in [3.05, 3.63) is 54.2 Å². The highest BCUT2D eigenvalue weighted by molar-refractivity contribution is 5.96. The third kappa shape index (κ3) is 7.50. The number of rotatable bonds is 10. The highest BCUT2D eigenvalue weighted by Crippen LogP contribution is 2.35. The molecule has 1 aliphatic heterocycles. The Hall–Kier alpha value is -3.91. The summed E-state index contributed by atoms with van der Waals surface area (Å²) in [7, 11) is 1.60. The van der Waals surface area contributed by atoms with Gasteiger partial charge in [-0.15, -0.1) is 0 Å². The fourth-order valence-electron chi connectivity index (χ4n) is 5.66. The summed E-state index contributed by atoms with van der Waals surface area (Å²) in [6.45, 7) is 8.11. The second-order valence-electron chi connectivity index (χ2n) is 12.5. The number of carbonyl (C=O) groups excluding carboxylic acids is 1. The van der Waals surface area contributed by atoms with Crippen LogP contribution < -0.4 is 10.6 Å². The van der Waals surface area contributed by atoms with Crippen LogP contribution in [0.15, 0.2) is 47.2 Å². The first-order valence-electron chi connectivity index (χ1n) is 14.9. The third-order valence-electron chi connectivity index (χ3n) is 8.10. The first-order valence-corrected chi connectivity index (χ1v) is 14.9. The van der Waals surface area contributed by atoms with Gasteiger partial charge in [0, 0.05) is 49.2 Å². The molecule has 244 valence electrons. The maximum Gasteiger partial charge on any atom is 0.406 e. The number of ether oxygens (including phenoxy) is 1. The number of nitrogens with one attached hydrogen (secondary N) is 2. The molecule has 2 N–H and O–H groups in total. The molecule has 1 saturated heterocycles. The average molecular weight is 634 g/mol. The summed E-state index contributed by atoms with van der Waals surface area (Å²) in [5.74, 6) is -0.412. The van der Waals surface area contributed by atoms with Crippen molar-refractivity contribution in [2.75, 3.05) is 32.1 Å². The summed E-state index contributed by atoms with van der Waals surface area (Å²) in [5.41, 5.74) is 1.15. The predicted molar refractivity (Wildman–Crippen MR) is 162 cm³/mol. The largest absolute Gasteiger partial charge is 0.406 e. The Labute approximate surface area is 258 Å². The van der Waals surface area contributed by atoms with Gasteiger partial charge in [-0.2, -0.15) is 18.2 Å². The summed E-state index contributed by atoms with van der Waals surface area (Å²) in [4.78, 5) is 19.1. The molecular weight excluding hydrogens is 594 g/mol. The number of nitrogens with zero attached hydrogens (tertiary/aromatic N) is 5. The SMILES string of the molecule is COCC(C)n1ccc(C(=O)NCc2nc(-c3cc4c(N[C@H]5CCN(C(C)(C)C)C[C@H]5F)cccc4n3CC(F)(F)F)no2)c1. The predicted octanol–water partition coefficient (Wildman–Crippen LogP) is 5.82. The van der Waals surface area contributed by atoms with Crippen LogP contribution in [0.25, 0.3) is 22.4 Å². The van der Waals surface area contributed by atoms with E-state index in [1.165, 1.54) is 0 Å². The Morgan fingerprint density at radius 3 is 2.69 bits per heavy atom. The normalized spacial score (nSPS) is 18.8. The summed E-state index contributed by atoms with van der Waals surface area (Å²) >= 11 is 0. The van der Waals surface area contributed by atoms with Gasteiger partial charge in [0.15, 0.2) is 0 Å². The van der Waals surface area contributed by atoms with Gasteiger partial charge in [-0.25, -0.2) is 4.39 Å². The maximum atomic E-state index is 15.3. The highest BCUT2D eigenvalue weighted by Gasteiger charge is 2.35. The highest BCUT2D eigenvalue weighted by atomic mass is 19.4. The zero-order chi connectivity index (χ0) is 32.5. The van der Waals surface area contributed by atoms with Gasteiger partial charge in [-0.3, -0.25) is 9.69 Å². The molecule has 45 heavy (non-hydrogen) atoms. The number of piperidine rings is 1. The van der Waals surface area contributed by atoms with E-state index in [1.807, 2.05) is 32.3 Å². The lowest BCUT2D eigenvalue weighted by molar-refractivity contribution is -0.139. The van der Waals surface area contributed by atoms with Crippen LogP contribution in [0.4, 0.5) is 23.2 Å². The van der Waals surface area contributed by atoms with Gasteiger partial charge in [0.25, 0.3) is 5.91 Å². The van der Waals surface area contributed by atoms with Gasteiger partial charge in [0.05, 0.1) is 42.0 Å². The lowest BCUT2D eigenvalue weighted by atomic mass is 9.96. The lowest BCUT2D eigenvalue weighted by Gasteiger charge is -2.42. The van der Waals surface area contributed by atoms with Crippen molar-refractivity contribution in [1.29, 1.82) is 0 Å². The van der Waals surface area contributed by atoms with Crippen molar-refractivity contribution in [1.82, 2.24) is 29.5 Å². The van der Waals surface area contributed by atoms with Crippen LogP contribution in [0.5, 0.6) is 0 Å². The minimum atomic E-state index is -4.54. The zero-order valence-electron chi connectivity index (χ0n) is 26.0. The standard InChI is InChI=1S/C31H39F4N7O3/c1-19(17-44-5)40-11-9-20(15-40)29(43)36-14-27-38-28(39-45-27)26-13-21-23(7-6-8-25(21)42(26)18-31(33,34)35)37-24-10-12-41(16-22(24)32)30(2,3)4/h6-9,11,13,15,19,22,24,37H,10,12,14,16-18H2,1-5H3,(H,36,43)/t19?,22-,24+/m1/s1. The van der Waals surface area contributed by atoms with Gasteiger partial charge in [-0.1, -0.05) is 11.2 Å². The van der Waals surface area contributed by atoms with Crippen molar-refractivity contribution in [2.45, 2.75) is 77.2 Å². The van der Waals surface area contributed by atoms with Crippen molar-refractivity contribution in [3.63, 3.8) is 0 Å². The number of aromatic nitrogens is 4. The molecule has 14 heteroatoms. The van der Waals surface area contributed by atoms with E-state index in [-0.39, 0.29) is 48.0 Å². The Morgan fingerprint density at radius 1 is 1.22 bits per heavy atom. The molecule has 5 rings (SSSR count). The molecule has 1 unspecified atom stereocenters. The molecule has 4 aromatic rings. The molecule has 3 atom stereocenters. The fraction of sp³-hybridized carbons (Fsp3) is 0.516.